The highest BCUT2D eigenvalue weighted by Gasteiger charge is 2.70. The van der Waals surface area contributed by atoms with E-state index in [4.69, 9.17) is 32.7 Å². The van der Waals surface area contributed by atoms with E-state index < -0.39 is 46.8 Å². The summed E-state index contributed by atoms with van der Waals surface area (Å²) in [6.45, 7) is 2.03. The lowest BCUT2D eigenvalue weighted by molar-refractivity contribution is -0.138. The predicted molar refractivity (Wildman–Crippen MR) is 204 cm³/mol. The maximum absolute atomic E-state index is 15.4. The van der Waals surface area contributed by atoms with Crippen molar-refractivity contribution in [3.05, 3.63) is 123 Å². The first kappa shape index (κ1) is 35.7. The van der Waals surface area contributed by atoms with E-state index in [1.54, 1.807) is 66.7 Å². The first-order valence-electron chi connectivity index (χ1n) is 17.8. The van der Waals surface area contributed by atoms with Crippen molar-refractivity contribution >= 4 is 58.2 Å². The van der Waals surface area contributed by atoms with Gasteiger partial charge in [0.1, 0.15) is 5.75 Å². The lowest BCUT2D eigenvalue weighted by atomic mass is 9.49. The zero-order valence-electron chi connectivity index (χ0n) is 29.7. The normalized spacial score (nSPS) is 25.9. The van der Waals surface area contributed by atoms with Crippen LogP contribution in [0.1, 0.15) is 42.4 Å². The third-order valence-electron chi connectivity index (χ3n) is 11.7. The molecular weight excluding hydrogens is 729 g/mol. The zero-order chi connectivity index (χ0) is 38.1. The average molecular weight is 767 g/mol. The molecule has 4 amide bonds. The molecule has 0 aromatic heterocycles. The number of amides is 4. The molecule has 4 aromatic rings. The molecule has 10 nitrogen and oxygen atoms in total. The predicted octanol–water partition coefficient (Wildman–Crippen LogP) is 7.47. The number of carbonyl (C=O) groups is 4. The van der Waals surface area contributed by atoms with Crippen LogP contribution in [0.15, 0.2) is 96.6 Å². The molecule has 8 rings (SSSR count). The van der Waals surface area contributed by atoms with Crippen molar-refractivity contribution in [1.29, 1.82) is 0 Å². The number of carbonyl (C=O) groups excluding carboxylic acids is 4. The lowest BCUT2D eigenvalue weighted by Gasteiger charge is -2.50. The Labute approximate surface area is 322 Å². The quantitative estimate of drug-likeness (QED) is 0.140. The number of nitrogens with zero attached hydrogens (tertiary/aromatic N) is 2. The second-order valence-corrected chi connectivity index (χ2v) is 15.0. The van der Waals surface area contributed by atoms with Crippen molar-refractivity contribution in [2.24, 2.45) is 23.7 Å². The summed E-state index contributed by atoms with van der Waals surface area (Å²) in [6.07, 6.45) is 3.07. The molecule has 2 aliphatic carbocycles. The number of anilines is 2. The summed E-state index contributed by atoms with van der Waals surface area (Å²) < 4.78 is 11.0. The molecule has 4 aromatic carbocycles. The van der Waals surface area contributed by atoms with Gasteiger partial charge in [0.2, 0.25) is 11.8 Å². The van der Waals surface area contributed by atoms with Gasteiger partial charge < -0.3 is 14.6 Å². The van der Waals surface area contributed by atoms with E-state index in [-0.39, 0.29) is 46.9 Å². The molecule has 2 heterocycles. The number of nitrogens with one attached hydrogen (secondary N) is 1. The fourth-order valence-electron chi connectivity index (χ4n) is 9.26. The fraction of sp³-hybridized carbons (Fsp3) is 0.286. The third-order valence-corrected chi connectivity index (χ3v) is 12.3. The second kappa shape index (κ2) is 13.5. The van der Waals surface area contributed by atoms with Crippen LogP contribution in [0.3, 0.4) is 0 Å². The molecule has 0 bridgehead atoms. The van der Waals surface area contributed by atoms with E-state index in [1.807, 2.05) is 25.1 Å². The molecule has 0 spiro atoms. The van der Waals surface area contributed by atoms with Crippen LogP contribution < -0.4 is 19.8 Å². The average Bonchev–Trinajstić information content (AvgIpc) is 3.56. The van der Waals surface area contributed by atoms with Gasteiger partial charge in [0.05, 0.1) is 53.8 Å². The minimum atomic E-state index is -1.63. The Morgan fingerprint density at radius 3 is 2.28 bits per heavy atom. The Morgan fingerprint density at radius 2 is 1.61 bits per heavy atom. The van der Waals surface area contributed by atoms with Gasteiger partial charge in [0.25, 0.3) is 11.8 Å². The Balaban J connectivity index is 1.33. The number of para-hydroxylation sites is 1. The van der Waals surface area contributed by atoms with E-state index in [0.29, 0.717) is 33.2 Å². The van der Waals surface area contributed by atoms with Crippen molar-refractivity contribution in [1.82, 2.24) is 5.01 Å². The van der Waals surface area contributed by atoms with Crippen LogP contribution in [0.5, 0.6) is 17.2 Å². The fourth-order valence-corrected chi connectivity index (χ4v) is 9.71. The van der Waals surface area contributed by atoms with Crippen LogP contribution in [0.4, 0.5) is 11.4 Å². The number of phenolic OH excluding ortho intramolecular Hbond substituents is 1. The van der Waals surface area contributed by atoms with Gasteiger partial charge in [-0.1, -0.05) is 78.2 Å². The number of imide groups is 2. The van der Waals surface area contributed by atoms with E-state index in [2.05, 4.69) is 5.43 Å². The highest BCUT2D eigenvalue weighted by molar-refractivity contribution is 6.36. The third kappa shape index (κ3) is 5.21. The number of aryl methyl sites for hydroxylation is 1. The summed E-state index contributed by atoms with van der Waals surface area (Å²) in [7, 11) is 2.97. The number of hydrogen-bond acceptors (Lipinski definition) is 8. The molecule has 2 aliphatic heterocycles. The molecule has 12 heteroatoms. The van der Waals surface area contributed by atoms with E-state index in [9.17, 15) is 19.5 Å². The molecular formula is C42H37Cl2N3O7. The van der Waals surface area contributed by atoms with Crippen molar-refractivity contribution in [3.63, 3.8) is 0 Å². The molecule has 276 valence electrons. The van der Waals surface area contributed by atoms with E-state index in [0.717, 1.165) is 17.0 Å². The number of fused-ring (bicyclic) bond motifs is 4. The molecule has 4 aliphatic rings. The summed E-state index contributed by atoms with van der Waals surface area (Å²) in [5.74, 6) is -5.34. The van der Waals surface area contributed by atoms with E-state index >= 15 is 4.79 Å². The Morgan fingerprint density at radius 1 is 0.870 bits per heavy atom. The molecule has 0 radical (unpaired) electrons. The van der Waals surface area contributed by atoms with Crippen molar-refractivity contribution < 1.29 is 33.8 Å². The van der Waals surface area contributed by atoms with Crippen LogP contribution in [0.25, 0.3) is 0 Å². The van der Waals surface area contributed by atoms with Gasteiger partial charge in [0, 0.05) is 16.5 Å². The minimum absolute atomic E-state index is 0.0823. The molecule has 2 saturated heterocycles. The standard InChI is InChI=1S/C42H37Cl2N3O7/c1-4-22-8-13-25(14-9-22)46-38(49)28-18-17-27-30(35(28)40(46)51)21-31-39(50)47(45-33-19-12-24(43)20-32(33)44)41(52)42(31,23-10-15-26(53-2)16-11-23)36(27)29-6-5-7-34(54-3)37(29)48/h5-17,19-20,28,30-31,35-36,45,48H,4,18,21H2,1-3H3/t28-,30+,31-,35-,36+,42+/m0/s1. The molecule has 6 atom stereocenters. The minimum Gasteiger partial charge on any atom is -0.504 e. The molecule has 1 saturated carbocycles. The van der Waals surface area contributed by atoms with Gasteiger partial charge >= 0.3 is 0 Å². The Bertz CT molecular complexity index is 2240. The van der Waals surface area contributed by atoms with Gasteiger partial charge in [-0.2, -0.15) is 5.01 Å². The lowest BCUT2D eigenvalue weighted by Crippen LogP contribution is -2.53. The summed E-state index contributed by atoms with van der Waals surface area (Å²) in [6, 6.07) is 24.1. The first-order valence-corrected chi connectivity index (χ1v) is 18.6. The zero-order valence-corrected chi connectivity index (χ0v) is 31.2. The topological polar surface area (TPSA) is 125 Å². The number of allylic oxidation sites excluding steroid dienone is 2. The van der Waals surface area contributed by atoms with Crippen LogP contribution in [-0.2, 0) is 31.0 Å². The summed E-state index contributed by atoms with van der Waals surface area (Å²) in [4.78, 5) is 60.4. The van der Waals surface area contributed by atoms with Crippen LogP contribution >= 0.6 is 23.2 Å². The van der Waals surface area contributed by atoms with Crippen molar-refractivity contribution in [3.8, 4) is 17.2 Å². The summed E-state index contributed by atoms with van der Waals surface area (Å²) >= 11 is 12.7. The number of benzene rings is 4. The molecule has 3 fully saturated rings. The highest BCUT2D eigenvalue weighted by Crippen LogP contribution is 2.65. The smallest absolute Gasteiger partial charge is 0.260 e. The second-order valence-electron chi connectivity index (χ2n) is 14.1. The summed E-state index contributed by atoms with van der Waals surface area (Å²) in [5, 5.41) is 13.4. The maximum atomic E-state index is 15.4. The number of aromatic hydroxyl groups is 1. The van der Waals surface area contributed by atoms with Crippen molar-refractivity contribution in [2.45, 2.75) is 37.5 Å². The van der Waals surface area contributed by atoms with Crippen LogP contribution in [0.2, 0.25) is 10.0 Å². The molecule has 54 heavy (non-hydrogen) atoms. The number of halogens is 2. The van der Waals surface area contributed by atoms with Gasteiger partial charge in [-0.15, -0.1) is 0 Å². The molecule has 0 unspecified atom stereocenters. The van der Waals surface area contributed by atoms with Crippen LogP contribution in [0, 0.1) is 23.7 Å². The van der Waals surface area contributed by atoms with Gasteiger partial charge in [0.15, 0.2) is 11.5 Å². The number of phenols is 1. The van der Waals surface area contributed by atoms with Gasteiger partial charge in [-0.05, 0) is 84.8 Å². The Hall–Kier alpha value is -5.32. The van der Waals surface area contributed by atoms with E-state index in [1.165, 1.54) is 25.2 Å². The van der Waals surface area contributed by atoms with Crippen molar-refractivity contribution in [2.75, 3.05) is 24.5 Å². The van der Waals surface area contributed by atoms with Gasteiger partial charge in [-0.3, -0.25) is 29.5 Å². The monoisotopic (exact) mass is 765 g/mol. The summed E-state index contributed by atoms with van der Waals surface area (Å²) in [5.41, 5.74) is 4.76. The number of ether oxygens (including phenoxy) is 2. The highest BCUT2D eigenvalue weighted by atomic mass is 35.5. The maximum Gasteiger partial charge on any atom is 0.260 e. The molecule has 2 N–H and O–H groups in total. The number of rotatable bonds is 8. The largest absolute Gasteiger partial charge is 0.504 e. The number of hydrogen-bond donors (Lipinski definition) is 2. The first-order chi connectivity index (χ1) is 26.0. The van der Waals surface area contributed by atoms with Crippen LogP contribution in [-0.4, -0.2) is 48.0 Å². The number of hydrazine groups is 1. The number of methoxy groups -OCH3 is 2. The SMILES string of the molecule is CCc1ccc(N2C(=O)[C@H]3[C@H](CC=C4[C@H]3C[C@H]3C(=O)N(Nc5ccc(Cl)cc5Cl)C(=O)[C@@]3(c3ccc(OC)cc3)[C@H]4c3cccc(OC)c3O)C2=O)cc1. The van der Waals surface area contributed by atoms with Gasteiger partial charge in [-0.25, -0.2) is 0 Å². The Kier molecular flexibility index (Phi) is 8.93.